The second kappa shape index (κ2) is 5.53. The van der Waals surface area contributed by atoms with E-state index in [1.165, 1.54) is 44.9 Å². The molecule has 15 heavy (non-hydrogen) atoms. The van der Waals surface area contributed by atoms with Crippen LogP contribution in [0.25, 0.3) is 0 Å². The number of rotatable bonds is 4. The average molecular weight is 211 g/mol. The second-order valence-corrected chi connectivity index (χ2v) is 5.08. The van der Waals surface area contributed by atoms with Crippen LogP contribution >= 0.6 is 0 Å². The van der Waals surface area contributed by atoms with Crippen LogP contribution in [0.3, 0.4) is 0 Å². The van der Waals surface area contributed by atoms with E-state index in [-0.39, 0.29) is 5.91 Å². The number of nitrogens with one attached hydrogen (secondary N) is 1. The van der Waals surface area contributed by atoms with E-state index in [4.69, 9.17) is 0 Å². The van der Waals surface area contributed by atoms with Crippen LogP contribution in [0.1, 0.15) is 65.7 Å². The Bertz CT molecular complexity index is 205. The van der Waals surface area contributed by atoms with E-state index in [0.717, 1.165) is 0 Å². The first-order valence-electron chi connectivity index (χ1n) is 6.39. The van der Waals surface area contributed by atoms with E-state index >= 15 is 0 Å². The molecule has 0 atom stereocenters. The minimum absolute atomic E-state index is 0.125. The third-order valence-electron chi connectivity index (χ3n) is 3.98. The van der Waals surface area contributed by atoms with Crippen LogP contribution in [-0.2, 0) is 4.79 Å². The van der Waals surface area contributed by atoms with Gasteiger partial charge in [-0.3, -0.25) is 4.79 Å². The zero-order chi connectivity index (χ0) is 11.3. The summed E-state index contributed by atoms with van der Waals surface area (Å²) in [5.41, 5.74) is 0.587. The minimum Gasteiger partial charge on any atom is -0.354 e. The number of carbonyl (C=O) groups excluding carboxylic acids is 1. The minimum atomic E-state index is 0.125. The molecular weight excluding hydrogens is 186 g/mol. The maximum Gasteiger partial charge on any atom is 0.217 e. The molecule has 0 aliphatic heterocycles. The highest BCUT2D eigenvalue weighted by molar-refractivity contribution is 5.73. The summed E-state index contributed by atoms with van der Waals surface area (Å²) < 4.78 is 0. The topological polar surface area (TPSA) is 29.1 Å². The maximum atomic E-state index is 11.0. The van der Waals surface area contributed by atoms with Crippen molar-refractivity contribution in [3.8, 4) is 0 Å². The normalized spacial score (nSPS) is 31.3. The number of carbonyl (C=O) groups is 1. The third kappa shape index (κ3) is 3.51. The molecule has 0 radical (unpaired) electrons. The monoisotopic (exact) mass is 211 g/mol. The van der Waals surface area contributed by atoms with E-state index in [9.17, 15) is 4.79 Å². The van der Waals surface area contributed by atoms with E-state index in [2.05, 4.69) is 19.2 Å². The van der Waals surface area contributed by atoms with Gasteiger partial charge in [-0.15, -0.1) is 0 Å². The lowest BCUT2D eigenvalue weighted by Gasteiger charge is -2.40. The fraction of sp³-hybridized carbons (Fsp3) is 0.923. The summed E-state index contributed by atoms with van der Waals surface area (Å²) in [6.45, 7) is 6.21. The molecule has 1 aliphatic carbocycles. The van der Waals surface area contributed by atoms with E-state index in [0.29, 0.717) is 11.5 Å². The summed E-state index contributed by atoms with van der Waals surface area (Å²) >= 11 is 0. The van der Waals surface area contributed by atoms with Crippen molar-refractivity contribution in [2.45, 2.75) is 71.8 Å². The predicted molar refractivity (Wildman–Crippen MR) is 63.7 cm³/mol. The average Bonchev–Trinajstić information content (AvgIpc) is 2.21. The van der Waals surface area contributed by atoms with Crippen molar-refractivity contribution < 1.29 is 4.79 Å². The Labute approximate surface area is 93.8 Å². The van der Waals surface area contributed by atoms with Crippen LogP contribution in [-0.4, -0.2) is 11.9 Å². The first-order chi connectivity index (χ1) is 7.12. The van der Waals surface area contributed by atoms with Gasteiger partial charge in [0.1, 0.15) is 0 Å². The summed E-state index contributed by atoms with van der Waals surface area (Å²) in [4.78, 5) is 11.0. The highest BCUT2D eigenvalue weighted by Crippen LogP contribution is 2.42. The highest BCUT2D eigenvalue weighted by Gasteiger charge is 2.32. The molecule has 0 spiro atoms. The van der Waals surface area contributed by atoms with E-state index < -0.39 is 0 Å². The Kier molecular flexibility index (Phi) is 4.62. The fourth-order valence-electron chi connectivity index (χ4n) is 2.97. The molecule has 2 nitrogen and oxygen atoms in total. The smallest absolute Gasteiger partial charge is 0.217 e. The first kappa shape index (κ1) is 12.5. The van der Waals surface area contributed by atoms with Crippen molar-refractivity contribution in [2.75, 3.05) is 0 Å². The van der Waals surface area contributed by atoms with Crippen molar-refractivity contribution in [1.82, 2.24) is 5.32 Å². The molecular formula is C13H25NO. The van der Waals surface area contributed by atoms with Gasteiger partial charge in [-0.2, -0.15) is 0 Å². The summed E-state index contributed by atoms with van der Waals surface area (Å²) in [5.74, 6) is 0.125. The molecule has 0 aromatic carbocycles. The van der Waals surface area contributed by atoms with Gasteiger partial charge in [-0.25, -0.2) is 0 Å². The lowest BCUT2D eigenvalue weighted by molar-refractivity contribution is -0.120. The lowest BCUT2D eigenvalue weighted by atomic mass is 9.68. The standard InChI is InChI=1S/C13H25NO/c1-4-8-13(5-2)9-6-12(7-10-13)14-11(3)15/h12H,4-10H2,1-3H3,(H,14,15). The SMILES string of the molecule is CCCC1(CC)CCC(NC(C)=O)CC1. The van der Waals surface area contributed by atoms with Gasteiger partial charge in [0, 0.05) is 13.0 Å². The summed E-state index contributed by atoms with van der Waals surface area (Å²) in [6.07, 6.45) is 8.88. The highest BCUT2D eigenvalue weighted by atomic mass is 16.1. The van der Waals surface area contributed by atoms with Gasteiger partial charge in [0.2, 0.25) is 5.91 Å². The molecule has 0 bridgehead atoms. The summed E-state index contributed by atoms with van der Waals surface area (Å²) in [5, 5.41) is 3.05. The Hall–Kier alpha value is -0.530. The van der Waals surface area contributed by atoms with Crippen LogP contribution in [0, 0.1) is 5.41 Å². The molecule has 0 aromatic rings. The molecule has 1 saturated carbocycles. The van der Waals surface area contributed by atoms with Crippen LogP contribution in [0.4, 0.5) is 0 Å². The zero-order valence-corrected chi connectivity index (χ0v) is 10.4. The molecule has 1 rings (SSSR count). The second-order valence-electron chi connectivity index (χ2n) is 5.08. The van der Waals surface area contributed by atoms with Crippen molar-refractivity contribution in [3.63, 3.8) is 0 Å². The molecule has 1 amide bonds. The number of hydrogen-bond acceptors (Lipinski definition) is 1. The van der Waals surface area contributed by atoms with Crippen molar-refractivity contribution in [3.05, 3.63) is 0 Å². The van der Waals surface area contributed by atoms with Gasteiger partial charge in [-0.1, -0.05) is 26.7 Å². The molecule has 0 unspecified atom stereocenters. The molecule has 0 saturated heterocycles. The van der Waals surface area contributed by atoms with Crippen LogP contribution in [0.5, 0.6) is 0 Å². The van der Waals surface area contributed by atoms with Gasteiger partial charge in [-0.05, 0) is 37.5 Å². The van der Waals surface area contributed by atoms with Crippen molar-refractivity contribution in [1.29, 1.82) is 0 Å². The quantitative estimate of drug-likeness (QED) is 0.759. The fourth-order valence-corrected chi connectivity index (χ4v) is 2.97. The van der Waals surface area contributed by atoms with Crippen LogP contribution < -0.4 is 5.32 Å². The molecule has 0 heterocycles. The maximum absolute atomic E-state index is 11.0. The molecule has 2 heteroatoms. The van der Waals surface area contributed by atoms with Gasteiger partial charge in [0.05, 0.1) is 0 Å². The van der Waals surface area contributed by atoms with Gasteiger partial charge in [0.15, 0.2) is 0 Å². The van der Waals surface area contributed by atoms with Gasteiger partial charge >= 0.3 is 0 Å². The number of amides is 1. The Balaban J connectivity index is 2.42. The molecule has 88 valence electrons. The molecule has 1 aliphatic rings. The molecule has 1 N–H and O–H groups in total. The van der Waals surface area contributed by atoms with Gasteiger partial charge < -0.3 is 5.32 Å². The van der Waals surface area contributed by atoms with E-state index in [1.807, 2.05) is 0 Å². The lowest BCUT2D eigenvalue weighted by Crippen LogP contribution is -2.39. The molecule has 1 fully saturated rings. The first-order valence-corrected chi connectivity index (χ1v) is 6.39. The third-order valence-corrected chi connectivity index (χ3v) is 3.98. The Morgan fingerprint density at radius 3 is 2.33 bits per heavy atom. The largest absolute Gasteiger partial charge is 0.354 e. The summed E-state index contributed by atoms with van der Waals surface area (Å²) in [7, 11) is 0. The van der Waals surface area contributed by atoms with Crippen molar-refractivity contribution in [2.24, 2.45) is 5.41 Å². The number of hydrogen-bond donors (Lipinski definition) is 1. The molecule has 0 aromatic heterocycles. The van der Waals surface area contributed by atoms with Crippen LogP contribution in [0.15, 0.2) is 0 Å². The van der Waals surface area contributed by atoms with Crippen molar-refractivity contribution >= 4 is 5.91 Å². The zero-order valence-electron chi connectivity index (χ0n) is 10.4. The Morgan fingerprint density at radius 2 is 1.93 bits per heavy atom. The summed E-state index contributed by atoms with van der Waals surface area (Å²) in [6, 6.07) is 0.444. The predicted octanol–water partition coefficient (Wildman–Crippen LogP) is 3.26. The van der Waals surface area contributed by atoms with Crippen LogP contribution in [0.2, 0.25) is 0 Å². The Morgan fingerprint density at radius 1 is 1.33 bits per heavy atom. The van der Waals surface area contributed by atoms with E-state index in [1.54, 1.807) is 6.92 Å². The van der Waals surface area contributed by atoms with Gasteiger partial charge in [0.25, 0.3) is 0 Å².